The highest BCUT2D eigenvalue weighted by molar-refractivity contribution is 8.00. The highest BCUT2D eigenvalue weighted by atomic mass is 32.2. The third-order valence-electron chi connectivity index (χ3n) is 3.73. The molecule has 1 aromatic carbocycles. The first kappa shape index (κ1) is 14.8. The van der Waals surface area contributed by atoms with Gasteiger partial charge in [-0.1, -0.05) is 6.92 Å². The molecule has 19 heavy (non-hydrogen) atoms. The van der Waals surface area contributed by atoms with Crippen molar-refractivity contribution in [1.29, 1.82) is 0 Å². The number of aliphatic hydroxyl groups excluding tert-OH is 1. The second-order valence-electron chi connectivity index (χ2n) is 5.30. The minimum absolute atomic E-state index is 0.103. The van der Waals surface area contributed by atoms with Gasteiger partial charge in [0, 0.05) is 15.7 Å². The third kappa shape index (κ3) is 3.94. The van der Waals surface area contributed by atoms with Gasteiger partial charge in [0.15, 0.2) is 0 Å². The lowest BCUT2D eigenvalue weighted by molar-refractivity contribution is 0.165. The van der Waals surface area contributed by atoms with Gasteiger partial charge in [-0.25, -0.2) is 4.39 Å². The molecule has 1 saturated carbocycles. The Kier molecular flexibility index (Phi) is 5.25. The molecule has 2 atom stereocenters. The van der Waals surface area contributed by atoms with Crippen molar-refractivity contribution in [2.24, 2.45) is 0 Å². The Hall–Kier alpha value is -0.580. The molecule has 2 nitrogen and oxygen atoms in total. The summed E-state index contributed by atoms with van der Waals surface area (Å²) >= 11 is 1.79. The van der Waals surface area contributed by atoms with Crippen LogP contribution < -0.4 is 5.32 Å². The number of aliphatic hydroxyl groups is 1. The fourth-order valence-corrected chi connectivity index (χ4v) is 3.95. The Bertz CT molecular complexity index is 398. The van der Waals surface area contributed by atoms with Gasteiger partial charge in [-0.3, -0.25) is 0 Å². The van der Waals surface area contributed by atoms with Gasteiger partial charge >= 0.3 is 0 Å². The second kappa shape index (κ2) is 6.73. The lowest BCUT2D eigenvalue weighted by Gasteiger charge is -2.28. The number of benzene rings is 1. The summed E-state index contributed by atoms with van der Waals surface area (Å²) in [5.74, 6) is -0.190. The minimum Gasteiger partial charge on any atom is -0.394 e. The lowest BCUT2D eigenvalue weighted by Crippen LogP contribution is -2.46. The molecule has 2 unspecified atom stereocenters. The SMILES string of the molecule is CCCNC1(CO)CCC(Sc2ccc(F)cc2)C1. The summed E-state index contributed by atoms with van der Waals surface area (Å²) in [4.78, 5) is 1.11. The maximum Gasteiger partial charge on any atom is 0.123 e. The van der Waals surface area contributed by atoms with Crippen molar-refractivity contribution in [3.8, 4) is 0 Å². The lowest BCUT2D eigenvalue weighted by atomic mass is 9.99. The van der Waals surface area contributed by atoms with E-state index in [0.29, 0.717) is 5.25 Å². The van der Waals surface area contributed by atoms with E-state index in [9.17, 15) is 9.50 Å². The Morgan fingerprint density at radius 2 is 2.16 bits per heavy atom. The second-order valence-corrected chi connectivity index (χ2v) is 6.68. The molecule has 1 aliphatic rings. The molecule has 1 aliphatic carbocycles. The van der Waals surface area contributed by atoms with E-state index in [4.69, 9.17) is 0 Å². The van der Waals surface area contributed by atoms with E-state index in [0.717, 1.165) is 37.1 Å². The summed E-state index contributed by atoms with van der Waals surface area (Å²) in [6.45, 7) is 3.29. The standard InChI is InChI=1S/C15H22FNOS/c1-2-9-17-15(11-18)8-7-14(10-15)19-13-5-3-12(16)4-6-13/h3-6,14,17-18H,2,7-11H2,1H3. The van der Waals surface area contributed by atoms with E-state index in [-0.39, 0.29) is 18.0 Å². The van der Waals surface area contributed by atoms with Crippen LogP contribution >= 0.6 is 11.8 Å². The zero-order chi connectivity index (χ0) is 13.7. The van der Waals surface area contributed by atoms with Gasteiger partial charge in [0.2, 0.25) is 0 Å². The average molecular weight is 283 g/mol. The van der Waals surface area contributed by atoms with E-state index in [1.807, 2.05) is 12.1 Å². The van der Waals surface area contributed by atoms with Crippen molar-refractivity contribution in [2.75, 3.05) is 13.2 Å². The minimum atomic E-state index is -0.190. The topological polar surface area (TPSA) is 32.3 Å². The van der Waals surface area contributed by atoms with Gasteiger partial charge < -0.3 is 10.4 Å². The van der Waals surface area contributed by atoms with E-state index in [2.05, 4.69) is 12.2 Å². The summed E-state index contributed by atoms with van der Waals surface area (Å²) in [6, 6.07) is 6.68. The number of rotatable bonds is 6. The number of halogens is 1. The molecule has 0 heterocycles. The molecular formula is C15H22FNOS. The van der Waals surface area contributed by atoms with Crippen molar-refractivity contribution in [3.63, 3.8) is 0 Å². The highest BCUT2D eigenvalue weighted by Crippen LogP contribution is 2.40. The van der Waals surface area contributed by atoms with Crippen LogP contribution in [-0.4, -0.2) is 29.0 Å². The molecule has 4 heteroatoms. The Morgan fingerprint density at radius 1 is 1.42 bits per heavy atom. The first-order chi connectivity index (χ1) is 9.17. The van der Waals surface area contributed by atoms with Gasteiger partial charge in [0.1, 0.15) is 5.82 Å². The molecule has 0 aromatic heterocycles. The van der Waals surface area contributed by atoms with E-state index >= 15 is 0 Å². The Morgan fingerprint density at radius 3 is 2.79 bits per heavy atom. The predicted octanol–water partition coefficient (Wildman–Crippen LogP) is 3.20. The maximum atomic E-state index is 12.9. The zero-order valence-electron chi connectivity index (χ0n) is 11.4. The Labute approximate surface area is 118 Å². The van der Waals surface area contributed by atoms with Crippen molar-refractivity contribution >= 4 is 11.8 Å². The van der Waals surface area contributed by atoms with Crippen LogP contribution in [-0.2, 0) is 0 Å². The largest absolute Gasteiger partial charge is 0.394 e. The summed E-state index contributed by atoms with van der Waals surface area (Å²) in [5.41, 5.74) is -0.103. The fourth-order valence-electron chi connectivity index (χ4n) is 2.63. The molecular weight excluding hydrogens is 261 g/mol. The van der Waals surface area contributed by atoms with Crippen LogP contribution in [0.4, 0.5) is 4.39 Å². The van der Waals surface area contributed by atoms with Crippen molar-refractivity contribution in [3.05, 3.63) is 30.1 Å². The van der Waals surface area contributed by atoms with E-state index in [1.165, 1.54) is 12.1 Å². The molecule has 2 N–H and O–H groups in total. The molecule has 0 bridgehead atoms. The smallest absolute Gasteiger partial charge is 0.123 e. The summed E-state index contributed by atoms with van der Waals surface area (Å²) in [7, 11) is 0. The molecule has 2 rings (SSSR count). The van der Waals surface area contributed by atoms with Gasteiger partial charge in [0.25, 0.3) is 0 Å². The number of hydrogen-bond donors (Lipinski definition) is 2. The summed E-state index contributed by atoms with van der Waals surface area (Å²) < 4.78 is 12.9. The normalized spacial score (nSPS) is 26.8. The summed E-state index contributed by atoms with van der Waals surface area (Å²) in [5, 5.41) is 13.6. The van der Waals surface area contributed by atoms with Crippen molar-refractivity contribution in [1.82, 2.24) is 5.32 Å². The predicted molar refractivity (Wildman–Crippen MR) is 78.0 cm³/mol. The van der Waals surface area contributed by atoms with Crippen LogP contribution in [0.5, 0.6) is 0 Å². The van der Waals surface area contributed by atoms with Crippen molar-refractivity contribution in [2.45, 2.75) is 48.3 Å². The first-order valence-electron chi connectivity index (χ1n) is 6.95. The molecule has 0 saturated heterocycles. The van der Waals surface area contributed by atoms with Crippen molar-refractivity contribution < 1.29 is 9.50 Å². The van der Waals surface area contributed by atoms with Gasteiger partial charge in [-0.15, -0.1) is 11.8 Å². The molecule has 1 aromatic rings. The van der Waals surface area contributed by atoms with E-state index < -0.39 is 0 Å². The zero-order valence-corrected chi connectivity index (χ0v) is 12.2. The molecule has 0 radical (unpaired) electrons. The molecule has 1 fully saturated rings. The summed E-state index contributed by atoms with van der Waals surface area (Å²) in [6.07, 6.45) is 4.17. The van der Waals surface area contributed by atoms with Gasteiger partial charge in [0.05, 0.1) is 6.61 Å². The van der Waals surface area contributed by atoms with Crippen LogP contribution in [0.25, 0.3) is 0 Å². The van der Waals surface area contributed by atoms with Crippen LogP contribution in [0.1, 0.15) is 32.6 Å². The fraction of sp³-hybridized carbons (Fsp3) is 0.600. The third-order valence-corrected chi connectivity index (χ3v) is 5.01. The first-order valence-corrected chi connectivity index (χ1v) is 7.83. The monoisotopic (exact) mass is 283 g/mol. The molecule has 106 valence electrons. The van der Waals surface area contributed by atoms with Crippen LogP contribution in [0, 0.1) is 5.82 Å². The van der Waals surface area contributed by atoms with Crippen LogP contribution in [0.2, 0.25) is 0 Å². The van der Waals surface area contributed by atoms with Gasteiger partial charge in [-0.2, -0.15) is 0 Å². The van der Waals surface area contributed by atoms with Crippen LogP contribution in [0.15, 0.2) is 29.2 Å². The van der Waals surface area contributed by atoms with Gasteiger partial charge in [-0.05, 0) is 56.5 Å². The van der Waals surface area contributed by atoms with E-state index in [1.54, 1.807) is 11.8 Å². The number of nitrogens with one attached hydrogen (secondary N) is 1. The average Bonchev–Trinajstić information content (AvgIpc) is 2.83. The highest BCUT2D eigenvalue weighted by Gasteiger charge is 2.38. The van der Waals surface area contributed by atoms with Crippen LogP contribution in [0.3, 0.4) is 0 Å². The quantitative estimate of drug-likeness (QED) is 0.841. The molecule has 0 aliphatic heterocycles. The number of thioether (sulfide) groups is 1. The molecule has 0 amide bonds. The Balaban J connectivity index is 1.91. The maximum absolute atomic E-state index is 12.9. The number of hydrogen-bond acceptors (Lipinski definition) is 3. The molecule has 0 spiro atoms.